The van der Waals surface area contributed by atoms with Gasteiger partial charge in [0, 0.05) is 11.4 Å². The first kappa shape index (κ1) is 12.6. The summed E-state index contributed by atoms with van der Waals surface area (Å²) in [4.78, 5) is 0. The lowest BCUT2D eigenvalue weighted by Crippen LogP contribution is -2.08. The fourth-order valence-electron chi connectivity index (χ4n) is 1.98. The molecule has 0 fully saturated rings. The molecular weight excluding hydrogens is 229 g/mol. The van der Waals surface area contributed by atoms with Crippen LogP contribution in [0.15, 0.2) is 24.3 Å². The van der Waals surface area contributed by atoms with Gasteiger partial charge < -0.3 is 5.73 Å². The molecule has 0 unspecified atom stereocenters. The van der Waals surface area contributed by atoms with Crippen LogP contribution in [0, 0.1) is 5.82 Å². The van der Waals surface area contributed by atoms with Crippen molar-refractivity contribution in [1.29, 1.82) is 0 Å². The molecule has 1 aromatic carbocycles. The summed E-state index contributed by atoms with van der Waals surface area (Å²) < 4.78 is 15.1. The molecule has 18 heavy (non-hydrogen) atoms. The van der Waals surface area contributed by atoms with E-state index in [2.05, 4.69) is 25.0 Å². The molecule has 2 rings (SSSR count). The van der Waals surface area contributed by atoms with Crippen molar-refractivity contribution in [1.82, 2.24) is 9.78 Å². The van der Waals surface area contributed by atoms with Crippen LogP contribution in [0.25, 0.3) is 0 Å². The minimum atomic E-state index is -0.264. The summed E-state index contributed by atoms with van der Waals surface area (Å²) in [6, 6.07) is 6.54. The van der Waals surface area contributed by atoms with E-state index in [0.29, 0.717) is 12.2 Å². The molecule has 1 heterocycles. The van der Waals surface area contributed by atoms with Crippen LogP contribution in [0.5, 0.6) is 0 Å². The SMILES string of the molecule is CCc1cc(CC)n(Cc2cc(F)ccc2N)n1. The summed E-state index contributed by atoms with van der Waals surface area (Å²) >= 11 is 0. The first-order chi connectivity index (χ1) is 8.63. The maximum absolute atomic E-state index is 13.2. The van der Waals surface area contributed by atoms with E-state index < -0.39 is 0 Å². The third-order valence-electron chi connectivity index (χ3n) is 3.06. The average Bonchev–Trinajstić information content (AvgIpc) is 2.76. The zero-order valence-electron chi connectivity index (χ0n) is 10.8. The van der Waals surface area contributed by atoms with E-state index in [1.807, 2.05) is 4.68 Å². The van der Waals surface area contributed by atoms with Gasteiger partial charge >= 0.3 is 0 Å². The van der Waals surface area contributed by atoms with Crippen molar-refractivity contribution < 1.29 is 4.39 Å². The number of rotatable bonds is 4. The largest absolute Gasteiger partial charge is 0.398 e. The van der Waals surface area contributed by atoms with Gasteiger partial charge in [-0.05, 0) is 42.7 Å². The zero-order valence-corrected chi connectivity index (χ0v) is 10.8. The molecule has 0 saturated carbocycles. The van der Waals surface area contributed by atoms with Gasteiger partial charge in [0.05, 0.1) is 12.2 Å². The number of nitrogens with two attached hydrogens (primary N) is 1. The van der Waals surface area contributed by atoms with Crippen molar-refractivity contribution in [3.05, 3.63) is 47.0 Å². The van der Waals surface area contributed by atoms with E-state index in [1.165, 1.54) is 12.1 Å². The van der Waals surface area contributed by atoms with Gasteiger partial charge in [-0.25, -0.2) is 4.39 Å². The highest BCUT2D eigenvalue weighted by Gasteiger charge is 2.08. The Labute approximate surface area is 106 Å². The van der Waals surface area contributed by atoms with E-state index in [0.717, 1.165) is 29.8 Å². The Balaban J connectivity index is 2.32. The number of hydrogen-bond acceptors (Lipinski definition) is 2. The number of anilines is 1. The molecule has 2 aromatic rings. The Hall–Kier alpha value is -1.84. The van der Waals surface area contributed by atoms with Gasteiger partial charge in [-0.2, -0.15) is 5.10 Å². The fourth-order valence-corrected chi connectivity index (χ4v) is 1.98. The van der Waals surface area contributed by atoms with Gasteiger partial charge in [0.15, 0.2) is 0 Å². The number of hydrogen-bond donors (Lipinski definition) is 1. The molecule has 0 amide bonds. The molecule has 4 heteroatoms. The van der Waals surface area contributed by atoms with Crippen LogP contribution in [-0.2, 0) is 19.4 Å². The first-order valence-electron chi connectivity index (χ1n) is 6.23. The first-order valence-corrected chi connectivity index (χ1v) is 6.23. The lowest BCUT2D eigenvalue weighted by atomic mass is 10.1. The molecule has 0 bridgehead atoms. The number of aryl methyl sites for hydroxylation is 2. The maximum atomic E-state index is 13.2. The van der Waals surface area contributed by atoms with Crippen molar-refractivity contribution in [3.63, 3.8) is 0 Å². The Morgan fingerprint density at radius 2 is 2.00 bits per heavy atom. The highest BCUT2D eigenvalue weighted by Crippen LogP contribution is 2.16. The smallest absolute Gasteiger partial charge is 0.123 e. The van der Waals surface area contributed by atoms with Gasteiger partial charge in [0.1, 0.15) is 5.82 Å². The van der Waals surface area contributed by atoms with E-state index in [9.17, 15) is 4.39 Å². The van der Waals surface area contributed by atoms with Gasteiger partial charge in [-0.1, -0.05) is 13.8 Å². The van der Waals surface area contributed by atoms with E-state index in [-0.39, 0.29) is 5.82 Å². The van der Waals surface area contributed by atoms with E-state index >= 15 is 0 Å². The molecule has 0 radical (unpaired) electrons. The third-order valence-corrected chi connectivity index (χ3v) is 3.06. The zero-order chi connectivity index (χ0) is 13.1. The number of nitrogens with zero attached hydrogens (tertiary/aromatic N) is 2. The highest BCUT2D eigenvalue weighted by atomic mass is 19.1. The predicted molar refractivity (Wildman–Crippen MR) is 70.9 cm³/mol. The second-order valence-electron chi connectivity index (χ2n) is 4.33. The van der Waals surface area contributed by atoms with Crippen LogP contribution in [-0.4, -0.2) is 9.78 Å². The number of nitrogen functional groups attached to an aromatic ring is 1. The lowest BCUT2D eigenvalue weighted by molar-refractivity contribution is 0.612. The van der Waals surface area contributed by atoms with Crippen LogP contribution in [0.1, 0.15) is 30.8 Å². The van der Waals surface area contributed by atoms with Crippen molar-refractivity contribution in [2.75, 3.05) is 5.73 Å². The van der Waals surface area contributed by atoms with Gasteiger partial charge in [0.2, 0.25) is 0 Å². The van der Waals surface area contributed by atoms with Gasteiger partial charge in [-0.3, -0.25) is 4.68 Å². The second kappa shape index (κ2) is 5.21. The van der Waals surface area contributed by atoms with Crippen LogP contribution in [0.3, 0.4) is 0 Å². The summed E-state index contributed by atoms with van der Waals surface area (Å²) in [5.74, 6) is -0.264. The molecule has 0 saturated heterocycles. The summed E-state index contributed by atoms with van der Waals surface area (Å²) in [6.07, 6.45) is 1.81. The van der Waals surface area contributed by atoms with Crippen molar-refractivity contribution >= 4 is 5.69 Å². The topological polar surface area (TPSA) is 43.8 Å². The second-order valence-corrected chi connectivity index (χ2v) is 4.33. The number of halogens is 1. The molecule has 0 spiro atoms. The monoisotopic (exact) mass is 247 g/mol. The Morgan fingerprint density at radius 1 is 1.22 bits per heavy atom. The number of aromatic nitrogens is 2. The van der Waals surface area contributed by atoms with Crippen LogP contribution < -0.4 is 5.73 Å². The quantitative estimate of drug-likeness (QED) is 0.844. The van der Waals surface area contributed by atoms with Gasteiger partial charge in [0.25, 0.3) is 0 Å². The van der Waals surface area contributed by atoms with Gasteiger partial charge in [-0.15, -0.1) is 0 Å². The van der Waals surface area contributed by atoms with Crippen molar-refractivity contribution in [2.45, 2.75) is 33.2 Å². The maximum Gasteiger partial charge on any atom is 0.123 e. The molecular formula is C14H18FN3. The summed E-state index contributed by atoms with van der Waals surface area (Å²) in [7, 11) is 0. The predicted octanol–water partition coefficient (Wildman–Crippen LogP) is 2.78. The van der Waals surface area contributed by atoms with Crippen LogP contribution >= 0.6 is 0 Å². The summed E-state index contributed by atoms with van der Waals surface area (Å²) in [6.45, 7) is 4.68. The molecule has 1 aromatic heterocycles. The normalized spacial score (nSPS) is 10.8. The molecule has 0 aliphatic rings. The molecule has 0 aliphatic carbocycles. The van der Waals surface area contributed by atoms with E-state index in [4.69, 9.17) is 5.73 Å². The standard InChI is InChI=1S/C14H18FN3/c1-3-12-8-13(4-2)18(17-12)9-10-7-11(15)5-6-14(10)16/h5-8H,3-4,9,16H2,1-2H3. The summed E-state index contributed by atoms with van der Waals surface area (Å²) in [5, 5.41) is 4.50. The van der Waals surface area contributed by atoms with Crippen molar-refractivity contribution in [3.8, 4) is 0 Å². The number of benzene rings is 1. The average molecular weight is 247 g/mol. The molecule has 2 N–H and O–H groups in total. The summed E-state index contributed by atoms with van der Waals surface area (Å²) in [5.41, 5.74) is 9.44. The fraction of sp³-hybridized carbons (Fsp3) is 0.357. The van der Waals surface area contributed by atoms with Crippen molar-refractivity contribution in [2.24, 2.45) is 0 Å². The lowest BCUT2D eigenvalue weighted by Gasteiger charge is -2.08. The Bertz CT molecular complexity index is 546. The minimum Gasteiger partial charge on any atom is -0.398 e. The molecule has 0 aliphatic heterocycles. The highest BCUT2D eigenvalue weighted by molar-refractivity contribution is 5.46. The van der Waals surface area contributed by atoms with Crippen LogP contribution in [0.2, 0.25) is 0 Å². The minimum absolute atomic E-state index is 0.264. The Morgan fingerprint density at radius 3 is 2.67 bits per heavy atom. The third kappa shape index (κ3) is 2.53. The molecule has 0 atom stereocenters. The Kier molecular flexibility index (Phi) is 3.65. The van der Waals surface area contributed by atoms with E-state index in [1.54, 1.807) is 6.07 Å². The van der Waals surface area contributed by atoms with Crippen LogP contribution in [0.4, 0.5) is 10.1 Å². The molecule has 96 valence electrons. The molecule has 3 nitrogen and oxygen atoms in total.